The molecule has 310 valence electrons. The van der Waals surface area contributed by atoms with Crippen molar-refractivity contribution in [2.45, 2.75) is 78.4 Å². The molecule has 7 aromatic rings. The lowest BCUT2D eigenvalue weighted by Gasteiger charge is -2.29. The zero-order valence-electron chi connectivity index (χ0n) is 36.2. The number of carbonyl (C=O) groups excluding carboxylic acids is 1. The average molecular weight is 809 g/mol. The molecule has 6 nitrogen and oxygen atoms in total. The van der Waals surface area contributed by atoms with Crippen molar-refractivity contribution >= 4 is 39.9 Å². The minimum Gasteiger partial charge on any atom is -0.488 e. The van der Waals surface area contributed by atoms with Crippen LogP contribution in [0.1, 0.15) is 83.1 Å². The van der Waals surface area contributed by atoms with E-state index in [1.165, 1.54) is 0 Å². The maximum absolute atomic E-state index is 13.4. The number of hydrogen-bond acceptors (Lipinski definition) is 6. The molecule has 0 spiro atoms. The molecule has 0 fully saturated rings. The van der Waals surface area contributed by atoms with Crippen molar-refractivity contribution < 1.29 is 19.0 Å². The Morgan fingerprint density at radius 3 is 1.16 bits per heavy atom. The Morgan fingerprint density at radius 2 is 0.770 bits per heavy atom. The Kier molecular flexibility index (Phi) is 13.2. The van der Waals surface area contributed by atoms with Crippen LogP contribution in [-0.2, 0) is 0 Å². The van der Waals surface area contributed by atoms with Crippen molar-refractivity contribution in [1.82, 2.24) is 0 Å². The van der Waals surface area contributed by atoms with Crippen molar-refractivity contribution in [3.8, 4) is 23.0 Å². The van der Waals surface area contributed by atoms with Gasteiger partial charge < -0.3 is 24.0 Å². The van der Waals surface area contributed by atoms with Gasteiger partial charge in [0, 0.05) is 45.3 Å². The van der Waals surface area contributed by atoms with E-state index >= 15 is 0 Å². The quantitative estimate of drug-likeness (QED) is 0.0805. The Morgan fingerprint density at radius 1 is 0.426 bits per heavy atom. The fraction of sp³-hybridized carbons (Fsp3) is 0.218. The molecular weight excluding hydrogens is 753 g/mol. The second-order valence-corrected chi connectivity index (χ2v) is 16.2. The Bertz CT molecular complexity index is 2450. The molecule has 0 heterocycles. The van der Waals surface area contributed by atoms with E-state index in [4.69, 9.17) is 14.2 Å². The van der Waals surface area contributed by atoms with Crippen LogP contribution < -0.4 is 24.0 Å². The molecule has 61 heavy (non-hydrogen) atoms. The molecule has 7 aromatic carbocycles. The SMILES string of the molecule is CCC[C@@](C)(CC)Oc1ccc(C(=O)c2ccc(Oc3ccc(N(c4ccccc4)c4ccc(N(c5ccccc5)c5ccc(OC(C)(C)CC)cc5)cc4)cc3)cc2)cc1. The van der Waals surface area contributed by atoms with Crippen molar-refractivity contribution in [2.75, 3.05) is 9.80 Å². The topological polar surface area (TPSA) is 51.2 Å². The van der Waals surface area contributed by atoms with Gasteiger partial charge in [0.1, 0.15) is 34.2 Å². The molecule has 0 aliphatic carbocycles. The van der Waals surface area contributed by atoms with Gasteiger partial charge in [0.15, 0.2) is 5.78 Å². The summed E-state index contributed by atoms with van der Waals surface area (Å²) in [4.78, 5) is 17.8. The fourth-order valence-electron chi connectivity index (χ4n) is 7.28. The molecule has 0 saturated heterocycles. The number of rotatable bonds is 18. The first-order valence-corrected chi connectivity index (χ1v) is 21.4. The summed E-state index contributed by atoms with van der Waals surface area (Å²) in [6.07, 6.45) is 3.86. The van der Waals surface area contributed by atoms with Gasteiger partial charge in [-0.1, -0.05) is 63.6 Å². The number of hydrogen-bond donors (Lipinski definition) is 0. The monoisotopic (exact) mass is 808 g/mol. The lowest BCUT2D eigenvalue weighted by molar-refractivity contribution is 0.0741. The number of para-hydroxylation sites is 2. The molecule has 0 saturated carbocycles. The van der Waals surface area contributed by atoms with E-state index in [2.05, 4.69) is 148 Å². The minimum atomic E-state index is -0.236. The highest BCUT2D eigenvalue weighted by Crippen LogP contribution is 2.40. The highest BCUT2D eigenvalue weighted by atomic mass is 16.5. The third-order valence-corrected chi connectivity index (χ3v) is 11.2. The van der Waals surface area contributed by atoms with E-state index in [9.17, 15) is 4.79 Å². The predicted octanol–water partition coefficient (Wildman–Crippen LogP) is 15.6. The third-order valence-electron chi connectivity index (χ3n) is 11.2. The van der Waals surface area contributed by atoms with Gasteiger partial charge in [-0.25, -0.2) is 0 Å². The molecular formula is C55H56N2O4. The van der Waals surface area contributed by atoms with Gasteiger partial charge in [0.25, 0.3) is 0 Å². The predicted molar refractivity (Wildman–Crippen MR) is 251 cm³/mol. The fourth-order valence-corrected chi connectivity index (χ4v) is 7.28. The van der Waals surface area contributed by atoms with E-state index in [-0.39, 0.29) is 17.0 Å². The van der Waals surface area contributed by atoms with Crippen LogP contribution in [0.25, 0.3) is 0 Å². The van der Waals surface area contributed by atoms with Gasteiger partial charge in [-0.15, -0.1) is 0 Å². The lowest BCUT2D eigenvalue weighted by atomic mass is 9.97. The summed E-state index contributed by atoms with van der Waals surface area (Å²) < 4.78 is 18.8. The summed E-state index contributed by atoms with van der Waals surface area (Å²) in [6, 6.07) is 60.5. The smallest absolute Gasteiger partial charge is 0.193 e. The van der Waals surface area contributed by atoms with Crippen LogP contribution in [0.5, 0.6) is 23.0 Å². The Balaban J connectivity index is 1.07. The normalized spacial score (nSPS) is 12.2. The molecule has 0 unspecified atom stereocenters. The number of carbonyl (C=O) groups is 1. The van der Waals surface area contributed by atoms with Crippen LogP contribution in [0.15, 0.2) is 182 Å². The number of ether oxygens (including phenoxy) is 3. The Hall–Kier alpha value is -6.79. The molecule has 0 amide bonds. The van der Waals surface area contributed by atoms with Gasteiger partial charge >= 0.3 is 0 Å². The summed E-state index contributed by atoms with van der Waals surface area (Å²) >= 11 is 0. The minimum absolute atomic E-state index is 0.0492. The maximum atomic E-state index is 13.4. The highest BCUT2D eigenvalue weighted by Gasteiger charge is 2.23. The first-order valence-electron chi connectivity index (χ1n) is 21.4. The number of ketones is 1. The first-order chi connectivity index (χ1) is 29.6. The van der Waals surface area contributed by atoms with Crippen molar-refractivity contribution in [3.63, 3.8) is 0 Å². The number of anilines is 6. The van der Waals surface area contributed by atoms with E-state index in [1.54, 1.807) is 0 Å². The number of benzene rings is 7. The Labute approximate surface area is 362 Å². The summed E-state index contributed by atoms with van der Waals surface area (Å²) in [5.41, 5.74) is 6.93. The summed E-state index contributed by atoms with van der Waals surface area (Å²) in [5, 5.41) is 0. The maximum Gasteiger partial charge on any atom is 0.193 e. The summed E-state index contributed by atoms with van der Waals surface area (Å²) in [5.74, 6) is 2.92. The van der Waals surface area contributed by atoms with Crippen LogP contribution in [0.2, 0.25) is 0 Å². The van der Waals surface area contributed by atoms with Crippen LogP contribution in [0.4, 0.5) is 34.1 Å². The molecule has 7 rings (SSSR count). The molecule has 0 radical (unpaired) electrons. The lowest BCUT2D eigenvalue weighted by Crippen LogP contribution is -2.31. The van der Waals surface area contributed by atoms with Crippen LogP contribution in [0.3, 0.4) is 0 Å². The second-order valence-electron chi connectivity index (χ2n) is 16.2. The van der Waals surface area contributed by atoms with Crippen molar-refractivity contribution in [1.29, 1.82) is 0 Å². The van der Waals surface area contributed by atoms with Crippen LogP contribution in [-0.4, -0.2) is 17.0 Å². The number of nitrogens with zero attached hydrogens (tertiary/aromatic N) is 2. The van der Waals surface area contributed by atoms with Crippen molar-refractivity contribution in [3.05, 3.63) is 193 Å². The third kappa shape index (κ3) is 10.5. The van der Waals surface area contributed by atoms with E-state index in [0.29, 0.717) is 22.6 Å². The van der Waals surface area contributed by atoms with Gasteiger partial charge in [0.2, 0.25) is 0 Å². The second kappa shape index (κ2) is 19.1. The van der Waals surface area contributed by atoms with Gasteiger partial charge in [0.05, 0.1) is 0 Å². The summed E-state index contributed by atoms with van der Waals surface area (Å²) in [6.45, 7) is 12.8. The average Bonchev–Trinajstić information content (AvgIpc) is 3.29. The zero-order chi connectivity index (χ0) is 42.8. The molecule has 0 N–H and O–H groups in total. The summed E-state index contributed by atoms with van der Waals surface area (Å²) in [7, 11) is 0. The van der Waals surface area contributed by atoms with Gasteiger partial charge in [-0.2, -0.15) is 0 Å². The molecule has 0 aliphatic heterocycles. The molecule has 0 aromatic heterocycles. The van der Waals surface area contributed by atoms with E-state index in [0.717, 1.165) is 71.3 Å². The molecule has 1 atom stereocenters. The van der Waals surface area contributed by atoms with Crippen LogP contribution >= 0.6 is 0 Å². The van der Waals surface area contributed by atoms with E-state index < -0.39 is 0 Å². The highest BCUT2D eigenvalue weighted by molar-refractivity contribution is 6.09. The van der Waals surface area contributed by atoms with Gasteiger partial charge in [-0.05, 0) is 186 Å². The van der Waals surface area contributed by atoms with Crippen LogP contribution in [0, 0.1) is 0 Å². The zero-order valence-corrected chi connectivity index (χ0v) is 36.2. The molecule has 0 bridgehead atoms. The largest absolute Gasteiger partial charge is 0.488 e. The van der Waals surface area contributed by atoms with Gasteiger partial charge in [-0.3, -0.25) is 4.79 Å². The standard InChI is InChI=1S/C55H56N2O4/c1-7-40-55(6,9-3)61-52-34-22-42(23-35-52)53(58)41-20-32-49(33-21-41)59-50-36-28-47(29-37-50)56(43-16-12-10-13-17-43)45-24-26-46(27-25-45)57(44-18-14-11-15-19-44)48-30-38-51(39-31-48)60-54(4,5)8-2/h10-39H,7-9,40H2,1-6H3/t55-/m1/s1. The van der Waals surface area contributed by atoms with Crippen molar-refractivity contribution in [2.24, 2.45) is 0 Å². The molecule has 6 heteroatoms. The molecule has 0 aliphatic rings. The first kappa shape index (κ1) is 42.3. The van der Waals surface area contributed by atoms with E-state index in [1.807, 2.05) is 84.9 Å².